The molecule has 2 heterocycles. The average molecular weight is 208 g/mol. The number of pyridine rings is 1. The van der Waals surface area contributed by atoms with Crippen molar-refractivity contribution in [2.75, 3.05) is 19.7 Å². The molecule has 1 aromatic rings. The van der Waals surface area contributed by atoms with Crippen molar-refractivity contribution in [1.82, 2.24) is 9.88 Å². The first-order valence-electron chi connectivity index (χ1n) is 5.25. The fourth-order valence-corrected chi connectivity index (χ4v) is 1.88. The Kier molecular flexibility index (Phi) is 3.30. The number of aromatic nitrogens is 1. The predicted octanol–water partition coefficient (Wildman–Crippen LogP) is 0.793. The van der Waals surface area contributed by atoms with Crippen LogP contribution >= 0.6 is 0 Å². The van der Waals surface area contributed by atoms with Crippen LogP contribution in [-0.4, -0.2) is 40.8 Å². The quantitative estimate of drug-likeness (QED) is 0.798. The number of rotatable bonds is 3. The van der Waals surface area contributed by atoms with Crippen molar-refractivity contribution in [3.8, 4) is 0 Å². The second kappa shape index (κ2) is 4.70. The van der Waals surface area contributed by atoms with Crippen molar-refractivity contribution in [3.63, 3.8) is 0 Å². The highest BCUT2D eigenvalue weighted by Gasteiger charge is 2.32. The molecule has 0 aliphatic carbocycles. The summed E-state index contributed by atoms with van der Waals surface area (Å²) >= 11 is 0. The molecule has 2 atom stereocenters. The first kappa shape index (κ1) is 10.5. The zero-order chi connectivity index (χ0) is 10.7. The number of aliphatic hydroxyl groups is 1. The van der Waals surface area contributed by atoms with Gasteiger partial charge in [0.2, 0.25) is 0 Å². The first-order valence-corrected chi connectivity index (χ1v) is 5.25. The number of ether oxygens (including phenoxy) is 1. The molecule has 1 aromatic heterocycles. The van der Waals surface area contributed by atoms with Gasteiger partial charge in [0.1, 0.15) is 6.23 Å². The molecule has 1 saturated heterocycles. The molecule has 1 aliphatic rings. The molecule has 4 nitrogen and oxygen atoms in total. The van der Waals surface area contributed by atoms with Crippen LogP contribution in [0.5, 0.6) is 0 Å². The fraction of sp³-hybridized carbons (Fsp3) is 0.545. The van der Waals surface area contributed by atoms with Crippen LogP contribution in [0.2, 0.25) is 0 Å². The zero-order valence-electron chi connectivity index (χ0n) is 8.84. The summed E-state index contributed by atoms with van der Waals surface area (Å²) < 4.78 is 5.74. The Morgan fingerprint density at radius 3 is 3.13 bits per heavy atom. The Labute approximate surface area is 89.5 Å². The third-order valence-corrected chi connectivity index (χ3v) is 2.67. The van der Waals surface area contributed by atoms with Gasteiger partial charge in [0.15, 0.2) is 0 Å². The molecule has 82 valence electrons. The molecular formula is C11H16N2O2. The number of likely N-dealkylation sites (N-methyl/N-ethyl adjacent to an activating group) is 1. The molecule has 1 N–H and O–H groups in total. The van der Waals surface area contributed by atoms with Crippen LogP contribution in [0.1, 0.15) is 18.7 Å². The summed E-state index contributed by atoms with van der Waals surface area (Å²) in [5, 5.41) is 9.08. The van der Waals surface area contributed by atoms with Gasteiger partial charge in [-0.1, -0.05) is 13.0 Å². The summed E-state index contributed by atoms with van der Waals surface area (Å²) in [6, 6.07) is 3.90. The van der Waals surface area contributed by atoms with E-state index in [0.717, 1.165) is 18.7 Å². The van der Waals surface area contributed by atoms with Crippen LogP contribution in [0.15, 0.2) is 24.5 Å². The van der Waals surface area contributed by atoms with Gasteiger partial charge in [0, 0.05) is 24.5 Å². The van der Waals surface area contributed by atoms with Crippen molar-refractivity contribution in [2.45, 2.75) is 19.3 Å². The summed E-state index contributed by atoms with van der Waals surface area (Å²) in [4.78, 5) is 6.27. The number of aliphatic hydroxyl groups excluding tert-OH is 1. The largest absolute Gasteiger partial charge is 0.394 e. The Balaban J connectivity index is 2.14. The monoisotopic (exact) mass is 208 g/mol. The summed E-state index contributed by atoms with van der Waals surface area (Å²) in [7, 11) is 0. The molecule has 0 bridgehead atoms. The normalized spacial score (nSPS) is 27.1. The molecule has 0 saturated carbocycles. The van der Waals surface area contributed by atoms with E-state index >= 15 is 0 Å². The molecule has 1 fully saturated rings. The molecule has 0 aromatic carbocycles. The Hall–Kier alpha value is -0.970. The van der Waals surface area contributed by atoms with Crippen molar-refractivity contribution < 1.29 is 9.84 Å². The maximum absolute atomic E-state index is 9.08. The van der Waals surface area contributed by atoms with E-state index in [-0.39, 0.29) is 18.9 Å². The lowest BCUT2D eigenvalue weighted by Gasteiger charge is -2.20. The molecule has 15 heavy (non-hydrogen) atoms. The van der Waals surface area contributed by atoms with Crippen molar-refractivity contribution in [1.29, 1.82) is 0 Å². The highest BCUT2D eigenvalue weighted by Crippen LogP contribution is 2.28. The summed E-state index contributed by atoms with van der Waals surface area (Å²) in [5.74, 6) is 0. The SMILES string of the molecule is CCN1CC(CO)OC1c1cccnc1. The van der Waals surface area contributed by atoms with E-state index in [0.29, 0.717) is 0 Å². The maximum atomic E-state index is 9.08. The van der Waals surface area contributed by atoms with E-state index in [2.05, 4.69) is 16.8 Å². The average Bonchev–Trinajstić information content (AvgIpc) is 2.73. The van der Waals surface area contributed by atoms with Crippen molar-refractivity contribution in [3.05, 3.63) is 30.1 Å². The minimum absolute atomic E-state index is 0.0548. The molecule has 2 unspecified atom stereocenters. The molecule has 2 rings (SSSR count). The summed E-state index contributed by atoms with van der Waals surface area (Å²) in [6.07, 6.45) is 3.43. The highest BCUT2D eigenvalue weighted by atomic mass is 16.5. The Morgan fingerprint density at radius 1 is 1.67 bits per heavy atom. The summed E-state index contributed by atoms with van der Waals surface area (Å²) in [5.41, 5.74) is 1.05. The van der Waals surface area contributed by atoms with E-state index in [1.165, 1.54) is 0 Å². The van der Waals surface area contributed by atoms with Crippen LogP contribution < -0.4 is 0 Å². The molecule has 1 aliphatic heterocycles. The van der Waals surface area contributed by atoms with Gasteiger partial charge in [0.25, 0.3) is 0 Å². The highest BCUT2D eigenvalue weighted by molar-refractivity contribution is 5.13. The van der Waals surface area contributed by atoms with Gasteiger partial charge in [-0.15, -0.1) is 0 Å². The first-order chi connectivity index (χ1) is 7.35. The standard InChI is InChI=1S/C11H16N2O2/c1-2-13-7-10(8-14)15-11(13)9-4-3-5-12-6-9/h3-6,10-11,14H,2,7-8H2,1H3. The van der Waals surface area contributed by atoms with E-state index < -0.39 is 0 Å². The maximum Gasteiger partial charge on any atom is 0.138 e. The number of hydrogen-bond acceptors (Lipinski definition) is 4. The third kappa shape index (κ3) is 2.17. The van der Waals surface area contributed by atoms with E-state index in [4.69, 9.17) is 9.84 Å². The van der Waals surface area contributed by atoms with Crippen molar-refractivity contribution >= 4 is 0 Å². The molecule has 0 radical (unpaired) electrons. The number of hydrogen-bond donors (Lipinski definition) is 1. The van der Waals surface area contributed by atoms with Crippen molar-refractivity contribution in [2.24, 2.45) is 0 Å². The Bertz CT molecular complexity index is 305. The lowest BCUT2D eigenvalue weighted by Crippen LogP contribution is -2.25. The molecular weight excluding hydrogens is 192 g/mol. The van der Waals surface area contributed by atoms with Gasteiger partial charge in [0.05, 0.1) is 12.7 Å². The van der Waals surface area contributed by atoms with Gasteiger partial charge in [-0.25, -0.2) is 0 Å². The minimum Gasteiger partial charge on any atom is -0.394 e. The molecule has 4 heteroatoms. The van der Waals surface area contributed by atoms with Crippen LogP contribution in [0.3, 0.4) is 0 Å². The zero-order valence-corrected chi connectivity index (χ0v) is 8.84. The predicted molar refractivity (Wildman–Crippen MR) is 56.2 cm³/mol. The second-order valence-electron chi connectivity index (χ2n) is 3.67. The van der Waals surface area contributed by atoms with E-state index in [1.807, 2.05) is 18.3 Å². The molecule has 0 amide bonds. The van der Waals surface area contributed by atoms with Gasteiger partial charge >= 0.3 is 0 Å². The topological polar surface area (TPSA) is 45.6 Å². The lowest BCUT2D eigenvalue weighted by molar-refractivity contribution is -0.0186. The van der Waals surface area contributed by atoms with Crippen LogP contribution in [-0.2, 0) is 4.74 Å². The summed E-state index contributed by atoms with van der Waals surface area (Å²) in [6.45, 7) is 3.86. The number of nitrogens with zero attached hydrogens (tertiary/aromatic N) is 2. The van der Waals surface area contributed by atoms with Crippen LogP contribution in [0.25, 0.3) is 0 Å². The fourth-order valence-electron chi connectivity index (χ4n) is 1.88. The van der Waals surface area contributed by atoms with Gasteiger partial charge < -0.3 is 9.84 Å². The lowest BCUT2D eigenvalue weighted by atomic mass is 10.2. The Morgan fingerprint density at radius 2 is 2.53 bits per heavy atom. The van der Waals surface area contributed by atoms with E-state index in [9.17, 15) is 0 Å². The minimum atomic E-state index is -0.0739. The van der Waals surface area contributed by atoms with Gasteiger partial charge in [-0.3, -0.25) is 9.88 Å². The van der Waals surface area contributed by atoms with Crippen LogP contribution in [0, 0.1) is 0 Å². The second-order valence-corrected chi connectivity index (χ2v) is 3.67. The van der Waals surface area contributed by atoms with Gasteiger partial charge in [-0.05, 0) is 12.6 Å². The third-order valence-electron chi connectivity index (χ3n) is 2.67. The van der Waals surface area contributed by atoms with Gasteiger partial charge in [-0.2, -0.15) is 0 Å². The van der Waals surface area contributed by atoms with E-state index in [1.54, 1.807) is 6.20 Å². The molecule has 0 spiro atoms. The smallest absolute Gasteiger partial charge is 0.138 e. The van der Waals surface area contributed by atoms with Crippen LogP contribution in [0.4, 0.5) is 0 Å².